The third-order valence-electron chi connectivity index (χ3n) is 4.30. The minimum atomic E-state index is -0.432. The number of halogens is 1. The highest BCUT2D eigenvalue weighted by molar-refractivity contribution is 5.99. The average molecular weight is 459 g/mol. The van der Waals surface area contributed by atoms with Crippen LogP contribution in [0.5, 0.6) is 5.75 Å². The Morgan fingerprint density at radius 1 is 1.10 bits per heavy atom. The van der Waals surface area contributed by atoms with Crippen molar-refractivity contribution in [3.05, 3.63) is 65.5 Å². The molecule has 0 radical (unpaired) electrons. The van der Waals surface area contributed by atoms with Crippen LogP contribution in [-0.4, -0.2) is 12.5 Å². The number of anilines is 1. The van der Waals surface area contributed by atoms with Crippen molar-refractivity contribution in [3.63, 3.8) is 0 Å². The van der Waals surface area contributed by atoms with Crippen molar-refractivity contribution >= 4 is 33.5 Å². The maximum absolute atomic E-state index is 11.6. The zero-order valence-corrected chi connectivity index (χ0v) is 17.3. The van der Waals surface area contributed by atoms with Gasteiger partial charge in [0.25, 0.3) is 0 Å². The number of aryl methyl sites for hydroxylation is 1. The number of ether oxygens (including phenoxy) is 1. The predicted molar refractivity (Wildman–Crippen MR) is 103 cm³/mol. The van der Waals surface area contributed by atoms with Crippen LogP contribution in [0.3, 0.4) is 0 Å². The molecule has 0 saturated heterocycles. The Balaban J connectivity index is 0.00000240. The fourth-order valence-corrected chi connectivity index (χ4v) is 3.05. The lowest BCUT2D eigenvalue weighted by Gasteiger charge is -2.08. The molecule has 3 aromatic heterocycles. The van der Waals surface area contributed by atoms with Crippen molar-refractivity contribution in [2.24, 2.45) is 0 Å². The van der Waals surface area contributed by atoms with Crippen molar-refractivity contribution in [1.82, 2.24) is 0 Å². The number of nitrogens with one attached hydrogen (secondary N) is 1. The molecular weight excluding hydrogens is 440 g/mol. The quantitative estimate of drug-likeness (QED) is 0.254. The van der Waals surface area contributed by atoms with Gasteiger partial charge in [-0.2, -0.15) is 0 Å². The second-order valence-electron chi connectivity index (χ2n) is 6.43. The zero-order valence-electron chi connectivity index (χ0n) is 15.7. The van der Waals surface area contributed by atoms with Crippen LogP contribution in [0.25, 0.3) is 21.9 Å². The third kappa shape index (κ3) is 4.65. The highest BCUT2D eigenvalue weighted by atomic mass is 79.9. The van der Waals surface area contributed by atoms with Crippen molar-refractivity contribution in [2.75, 3.05) is 11.9 Å². The Morgan fingerprint density at radius 3 is 2.62 bits per heavy atom. The highest BCUT2D eigenvalue weighted by Crippen LogP contribution is 2.34. The molecule has 0 atom stereocenters. The first-order chi connectivity index (χ1) is 13.6. The molecule has 0 saturated carbocycles. The first-order valence-corrected chi connectivity index (χ1v) is 8.94. The van der Waals surface area contributed by atoms with Gasteiger partial charge >= 0.3 is 5.63 Å². The molecule has 150 valence electrons. The number of furan rings is 1. The molecule has 0 aliphatic rings. The van der Waals surface area contributed by atoms with Gasteiger partial charge in [0.05, 0.1) is 18.6 Å². The lowest BCUT2D eigenvalue weighted by atomic mass is 10.1. The summed E-state index contributed by atoms with van der Waals surface area (Å²) in [6, 6.07) is 10.5. The standard InChI is InChI=1S/C21H18N2O5.BrH/c1-14(24)22-17-5-9-23(10-6-17)8-2-11-26-21-19-16(7-12-27-19)13-15-3-4-18(25)28-20(15)21;/h3-7,9-10,12-13H,2,8,11H2,1H3;1H. The van der Waals surface area contributed by atoms with Crippen LogP contribution in [0.1, 0.15) is 13.3 Å². The van der Waals surface area contributed by atoms with E-state index < -0.39 is 5.63 Å². The molecule has 0 bridgehead atoms. The van der Waals surface area contributed by atoms with Crippen molar-refractivity contribution < 1.29 is 39.9 Å². The molecule has 1 N–H and O–H groups in total. The Morgan fingerprint density at radius 2 is 1.86 bits per heavy atom. The van der Waals surface area contributed by atoms with Gasteiger partial charge in [-0.05, 0) is 18.2 Å². The van der Waals surface area contributed by atoms with Gasteiger partial charge in [-0.15, -0.1) is 0 Å². The van der Waals surface area contributed by atoms with Crippen LogP contribution >= 0.6 is 0 Å². The predicted octanol–water partition coefficient (Wildman–Crippen LogP) is 0.258. The largest absolute Gasteiger partial charge is 1.00 e. The molecule has 8 heteroatoms. The molecule has 1 amide bonds. The van der Waals surface area contributed by atoms with Gasteiger partial charge in [-0.3, -0.25) is 4.79 Å². The first-order valence-electron chi connectivity index (χ1n) is 8.94. The number of benzene rings is 1. The topological polar surface area (TPSA) is 85.6 Å². The molecule has 1 aromatic carbocycles. The fourth-order valence-electron chi connectivity index (χ4n) is 3.05. The van der Waals surface area contributed by atoms with E-state index in [1.54, 1.807) is 12.3 Å². The third-order valence-corrected chi connectivity index (χ3v) is 4.30. The number of nitrogens with zero attached hydrogens (tertiary/aromatic N) is 1. The van der Waals surface area contributed by atoms with Crippen LogP contribution in [0.2, 0.25) is 0 Å². The monoisotopic (exact) mass is 458 g/mol. The summed E-state index contributed by atoms with van der Waals surface area (Å²) in [6.45, 7) is 2.63. The van der Waals surface area contributed by atoms with Crippen LogP contribution in [0.4, 0.5) is 5.69 Å². The molecule has 0 aliphatic heterocycles. The van der Waals surface area contributed by atoms with Crippen LogP contribution in [0, 0.1) is 0 Å². The molecule has 29 heavy (non-hydrogen) atoms. The molecule has 0 fully saturated rings. The SMILES string of the molecule is CC(=O)Nc1cc[n+](CCCOc2c3occc3cc3ccc(=O)oc23)cc1.[Br-]. The van der Waals surface area contributed by atoms with Gasteiger partial charge in [0, 0.05) is 42.3 Å². The van der Waals surface area contributed by atoms with E-state index in [-0.39, 0.29) is 22.9 Å². The summed E-state index contributed by atoms with van der Waals surface area (Å²) in [5, 5.41) is 4.41. The van der Waals surface area contributed by atoms with E-state index in [0.717, 1.165) is 29.4 Å². The van der Waals surface area contributed by atoms with Crippen LogP contribution in [0.15, 0.2) is 68.7 Å². The second kappa shape index (κ2) is 8.91. The molecule has 0 aliphatic carbocycles. The number of carbonyl (C=O) groups is 1. The van der Waals surface area contributed by atoms with Gasteiger partial charge in [0.2, 0.25) is 11.7 Å². The molecule has 0 unspecified atom stereocenters. The summed E-state index contributed by atoms with van der Waals surface area (Å²) < 4.78 is 18.8. The average Bonchev–Trinajstić information content (AvgIpc) is 3.14. The second-order valence-corrected chi connectivity index (χ2v) is 6.43. The van der Waals surface area contributed by atoms with Crippen LogP contribution in [-0.2, 0) is 11.3 Å². The van der Waals surface area contributed by atoms with Gasteiger partial charge in [-0.25, -0.2) is 9.36 Å². The van der Waals surface area contributed by atoms with E-state index >= 15 is 0 Å². The maximum atomic E-state index is 11.6. The van der Waals surface area contributed by atoms with E-state index in [0.29, 0.717) is 23.5 Å². The number of carbonyl (C=O) groups excluding carboxylic acids is 1. The Bertz CT molecular complexity index is 1200. The number of hydrogen-bond acceptors (Lipinski definition) is 5. The smallest absolute Gasteiger partial charge is 0.336 e. The van der Waals surface area contributed by atoms with E-state index in [1.807, 2.05) is 41.2 Å². The van der Waals surface area contributed by atoms with Crippen LogP contribution < -0.4 is 37.2 Å². The van der Waals surface area contributed by atoms with Gasteiger partial charge in [-0.1, -0.05) is 0 Å². The van der Waals surface area contributed by atoms with E-state index in [2.05, 4.69) is 5.32 Å². The molecule has 3 heterocycles. The summed E-state index contributed by atoms with van der Waals surface area (Å²) in [5.74, 6) is 0.346. The summed E-state index contributed by atoms with van der Waals surface area (Å²) in [4.78, 5) is 22.7. The summed E-state index contributed by atoms with van der Waals surface area (Å²) in [7, 11) is 0. The van der Waals surface area contributed by atoms with E-state index in [4.69, 9.17) is 13.6 Å². The molecule has 4 aromatic rings. The maximum Gasteiger partial charge on any atom is 0.336 e. The van der Waals surface area contributed by atoms with Gasteiger partial charge in [0.1, 0.15) is 0 Å². The number of aromatic nitrogens is 1. The normalized spacial score (nSPS) is 10.7. The van der Waals surface area contributed by atoms with E-state index in [9.17, 15) is 9.59 Å². The minimum absolute atomic E-state index is 0. The Labute approximate surface area is 176 Å². The first kappa shape index (κ1) is 20.6. The zero-order chi connectivity index (χ0) is 19.5. The van der Waals surface area contributed by atoms with Crippen molar-refractivity contribution in [3.8, 4) is 5.75 Å². The highest BCUT2D eigenvalue weighted by Gasteiger charge is 2.15. The number of amides is 1. The van der Waals surface area contributed by atoms with E-state index in [1.165, 1.54) is 13.0 Å². The van der Waals surface area contributed by atoms with Gasteiger partial charge < -0.3 is 35.9 Å². The summed E-state index contributed by atoms with van der Waals surface area (Å²) >= 11 is 0. The van der Waals surface area contributed by atoms with Crippen molar-refractivity contribution in [1.29, 1.82) is 0 Å². The number of rotatable bonds is 6. The molecule has 7 nitrogen and oxygen atoms in total. The Hall–Kier alpha value is -3.13. The lowest BCUT2D eigenvalue weighted by molar-refractivity contribution is -0.697. The molecular formula is C21H19BrN2O5. The number of pyridine rings is 1. The Kier molecular flexibility index (Phi) is 6.33. The summed E-state index contributed by atoms with van der Waals surface area (Å²) in [6.07, 6.45) is 6.11. The fraction of sp³-hybridized carbons (Fsp3) is 0.190. The van der Waals surface area contributed by atoms with Crippen molar-refractivity contribution in [2.45, 2.75) is 19.9 Å². The summed E-state index contributed by atoms with van der Waals surface area (Å²) in [5.41, 5.74) is 1.28. The lowest BCUT2D eigenvalue weighted by Crippen LogP contribution is -3.00. The number of fused-ring (bicyclic) bond motifs is 2. The van der Waals surface area contributed by atoms with Gasteiger partial charge in [0.15, 0.2) is 30.1 Å². The molecule has 4 rings (SSSR count). The number of hydrogen-bond donors (Lipinski definition) is 1. The minimum Gasteiger partial charge on any atom is -1.00 e. The molecule has 0 spiro atoms.